The highest BCUT2D eigenvalue weighted by molar-refractivity contribution is 6.26. The monoisotopic (exact) mass is 463 g/mol. The van der Waals surface area contributed by atoms with E-state index in [2.05, 4.69) is 9.83 Å². The van der Waals surface area contributed by atoms with Gasteiger partial charge in [-0.15, -0.1) is 0 Å². The molecule has 4 heterocycles. The lowest BCUT2D eigenvalue weighted by atomic mass is 9.67. The van der Waals surface area contributed by atoms with Crippen molar-refractivity contribution in [1.29, 1.82) is 0 Å². The third-order valence-corrected chi connectivity index (χ3v) is 8.04. The van der Waals surface area contributed by atoms with Crippen molar-refractivity contribution in [2.75, 3.05) is 4.90 Å². The Morgan fingerprint density at radius 2 is 1.74 bits per heavy atom. The molecule has 35 heavy (non-hydrogen) atoms. The number of carbonyl (C=O) groups excluding carboxylic acids is 2. The molecule has 0 radical (unpaired) electrons. The number of amides is 2. The number of benzene rings is 3. The van der Waals surface area contributed by atoms with E-state index in [1.165, 1.54) is 4.90 Å². The molecule has 3 saturated heterocycles. The van der Waals surface area contributed by atoms with Crippen LogP contribution in [0, 0.1) is 18.4 Å². The van der Waals surface area contributed by atoms with Gasteiger partial charge in [0.25, 0.3) is 0 Å². The predicted octanol–water partition coefficient (Wildman–Crippen LogP) is 5.20. The minimum absolute atomic E-state index is 0.234. The van der Waals surface area contributed by atoms with Crippen LogP contribution in [0.3, 0.4) is 0 Å². The second kappa shape index (κ2) is 6.77. The number of hydrogen-bond acceptors (Lipinski definition) is 5. The van der Waals surface area contributed by atoms with Crippen LogP contribution in [-0.4, -0.2) is 28.0 Å². The maximum atomic E-state index is 14.0. The van der Waals surface area contributed by atoms with E-state index in [-0.39, 0.29) is 11.8 Å². The van der Waals surface area contributed by atoms with Crippen molar-refractivity contribution in [3.05, 3.63) is 78.0 Å². The summed E-state index contributed by atoms with van der Waals surface area (Å²) in [5.74, 6) is -1.14. The van der Waals surface area contributed by atoms with Gasteiger partial charge in [-0.25, -0.2) is 14.7 Å². The van der Waals surface area contributed by atoms with Crippen LogP contribution < -0.4 is 4.90 Å². The van der Waals surface area contributed by atoms with E-state index in [9.17, 15) is 9.59 Å². The molecule has 0 spiro atoms. The summed E-state index contributed by atoms with van der Waals surface area (Å²) in [6, 6.07) is 18.4. The van der Waals surface area contributed by atoms with Gasteiger partial charge in [0.1, 0.15) is 5.52 Å². The zero-order chi connectivity index (χ0) is 23.9. The minimum Gasteiger partial charge on any atom is -0.441 e. The maximum absolute atomic E-state index is 14.0. The summed E-state index contributed by atoms with van der Waals surface area (Å²) in [5.41, 5.74) is 0.911. The first-order valence-electron chi connectivity index (χ1n) is 11.8. The summed E-state index contributed by atoms with van der Waals surface area (Å²) >= 11 is 0. The molecule has 3 aromatic carbocycles. The number of hydrogen-bond donors (Lipinski definition) is 0. The fourth-order valence-corrected chi connectivity index (χ4v) is 6.56. The summed E-state index contributed by atoms with van der Waals surface area (Å²) in [4.78, 5) is 37.4. The van der Waals surface area contributed by atoms with E-state index >= 15 is 0 Å². The number of imide groups is 1. The number of nitrogens with zero attached hydrogens (tertiary/aromatic N) is 3. The van der Waals surface area contributed by atoms with Crippen LogP contribution >= 0.6 is 0 Å². The van der Waals surface area contributed by atoms with E-state index in [1.54, 1.807) is 12.1 Å². The van der Waals surface area contributed by atoms with Crippen molar-refractivity contribution in [2.24, 2.45) is 11.8 Å². The van der Waals surface area contributed by atoms with Crippen molar-refractivity contribution in [1.82, 2.24) is 4.98 Å². The molecule has 4 atom stereocenters. The van der Waals surface area contributed by atoms with Gasteiger partial charge in [0.15, 0.2) is 17.2 Å². The summed E-state index contributed by atoms with van der Waals surface area (Å²) < 4.78 is 12.5. The predicted molar refractivity (Wildman–Crippen MR) is 129 cm³/mol. The van der Waals surface area contributed by atoms with Gasteiger partial charge in [-0.1, -0.05) is 42.5 Å². The average molecular weight is 463 g/mol. The Morgan fingerprint density at radius 3 is 2.54 bits per heavy atom. The Hall–Kier alpha value is -4.02. The zero-order valence-electron chi connectivity index (χ0n) is 19.0. The van der Waals surface area contributed by atoms with Crippen molar-refractivity contribution < 1.29 is 18.7 Å². The van der Waals surface area contributed by atoms with Crippen LogP contribution in [-0.2, 0) is 20.7 Å². The molecule has 0 N–H and O–H groups in total. The topological polar surface area (TPSA) is 77.0 Å². The Balaban J connectivity index is 1.33. The number of anilines is 1. The van der Waals surface area contributed by atoms with E-state index in [0.29, 0.717) is 47.5 Å². The summed E-state index contributed by atoms with van der Waals surface area (Å²) in [7, 11) is 0. The third-order valence-electron chi connectivity index (χ3n) is 8.04. The van der Waals surface area contributed by atoms with Crippen LogP contribution in [0.15, 0.2) is 65.1 Å². The van der Waals surface area contributed by atoms with Crippen molar-refractivity contribution in [3.63, 3.8) is 0 Å². The van der Waals surface area contributed by atoms with Gasteiger partial charge in [-0.2, -0.15) is 0 Å². The molecule has 2 unspecified atom stereocenters. The Kier molecular flexibility index (Phi) is 3.94. The molecule has 0 aliphatic carbocycles. The van der Waals surface area contributed by atoms with Crippen LogP contribution in [0.5, 0.6) is 0 Å². The lowest BCUT2D eigenvalue weighted by molar-refractivity contribution is -0.130. The molecule has 3 aliphatic heterocycles. The lowest BCUT2D eigenvalue weighted by Gasteiger charge is -2.30. The van der Waals surface area contributed by atoms with Crippen molar-refractivity contribution in [3.8, 4) is 0 Å². The highest BCUT2D eigenvalue weighted by Gasteiger charge is 2.74. The molecule has 2 bridgehead atoms. The van der Waals surface area contributed by atoms with E-state index < -0.39 is 23.0 Å². The third kappa shape index (κ3) is 2.60. The molecule has 3 aliphatic rings. The lowest BCUT2D eigenvalue weighted by Crippen LogP contribution is -2.43. The highest BCUT2D eigenvalue weighted by Crippen LogP contribution is 2.62. The zero-order valence-corrected chi connectivity index (χ0v) is 19.0. The van der Waals surface area contributed by atoms with Crippen molar-refractivity contribution >= 4 is 45.1 Å². The molecule has 7 heteroatoms. The van der Waals surface area contributed by atoms with Crippen LogP contribution in [0.4, 0.5) is 11.4 Å². The number of fused-ring (bicyclic) bond motifs is 7. The van der Waals surface area contributed by atoms with E-state index in [4.69, 9.17) is 15.7 Å². The molecular formula is C28H21N3O4. The Morgan fingerprint density at radius 1 is 1.00 bits per heavy atom. The van der Waals surface area contributed by atoms with Gasteiger partial charge >= 0.3 is 0 Å². The summed E-state index contributed by atoms with van der Waals surface area (Å²) in [6.07, 6.45) is 1.69. The van der Waals surface area contributed by atoms with Crippen molar-refractivity contribution in [2.45, 2.75) is 37.4 Å². The first-order chi connectivity index (χ1) is 16.9. The molecule has 7 nitrogen and oxygen atoms in total. The van der Waals surface area contributed by atoms with Crippen LogP contribution in [0.2, 0.25) is 0 Å². The maximum Gasteiger partial charge on any atom is 0.240 e. The van der Waals surface area contributed by atoms with Gasteiger partial charge in [0.2, 0.25) is 11.8 Å². The molecule has 7 rings (SSSR count). The number of ether oxygens (including phenoxy) is 1. The standard InChI is InChI=1S/C28H21N3O4/c1-27-13-14-28(35-27,15-22-30-19-9-5-6-10-21(19)34-22)24-23(27)25(32)31(26(24)33)20-12-11-18(29-2)16-7-3-4-8-17(16)20/h3-12,23-24H,13-15H2,1H3/t23-,24+,27?,28?/m1/s1. The fourth-order valence-electron chi connectivity index (χ4n) is 6.56. The van der Waals surface area contributed by atoms with Gasteiger partial charge < -0.3 is 9.15 Å². The van der Waals surface area contributed by atoms with E-state index in [0.717, 1.165) is 10.9 Å². The first kappa shape index (κ1) is 20.4. The van der Waals surface area contributed by atoms with Crippen LogP contribution in [0.1, 0.15) is 25.7 Å². The first-order valence-corrected chi connectivity index (χ1v) is 11.8. The molecule has 2 amide bonds. The smallest absolute Gasteiger partial charge is 0.240 e. The number of aromatic nitrogens is 1. The largest absolute Gasteiger partial charge is 0.441 e. The van der Waals surface area contributed by atoms with E-state index in [1.807, 2.05) is 55.5 Å². The van der Waals surface area contributed by atoms with Gasteiger partial charge in [0.05, 0.1) is 41.7 Å². The molecule has 1 aromatic heterocycles. The fraction of sp³-hybridized carbons (Fsp3) is 0.286. The SMILES string of the molecule is [C-]#[N+]c1ccc(N2C(=O)[C@@H]3[C@H](C2=O)C2(C)CCC3(Cc3nc4ccccc4o3)O2)c2ccccc12. The van der Waals surface area contributed by atoms with Crippen LogP contribution in [0.25, 0.3) is 26.7 Å². The number of para-hydroxylation sites is 2. The molecular weight excluding hydrogens is 442 g/mol. The Bertz CT molecular complexity index is 1580. The second-order valence-electron chi connectivity index (χ2n) is 9.96. The summed E-state index contributed by atoms with van der Waals surface area (Å²) in [6.45, 7) is 9.44. The highest BCUT2D eigenvalue weighted by atomic mass is 16.5. The molecule has 172 valence electrons. The molecule has 4 aromatic rings. The second-order valence-corrected chi connectivity index (χ2v) is 9.96. The normalized spacial score (nSPS) is 29.3. The minimum atomic E-state index is -0.839. The number of rotatable bonds is 3. The summed E-state index contributed by atoms with van der Waals surface area (Å²) in [5, 5.41) is 1.44. The molecule has 0 saturated carbocycles. The van der Waals surface area contributed by atoms with Gasteiger partial charge in [-0.05, 0) is 48.7 Å². The Labute approximate surface area is 201 Å². The number of carbonyl (C=O) groups is 2. The number of oxazole rings is 1. The van der Waals surface area contributed by atoms with Gasteiger partial charge in [-0.3, -0.25) is 9.59 Å². The quantitative estimate of drug-likeness (QED) is 0.308. The average Bonchev–Trinajstić information content (AvgIpc) is 3.56. The van der Waals surface area contributed by atoms with Gasteiger partial charge in [0, 0.05) is 0 Å². The molecule has 3 fully saturated rings.